The number of nitrogens with one attached hydrogen (secondary N) is 1. The Labute approximate surface area is 127 Å². The SMILES string of the molecule is O=C(c1ccccc1)C1NC(c2ccccc2)C(C(=O)O)O1. The van der Waals surface area contributed by atoms with Gasteiger partial charge in [-0.2, -0.15) is 0 Å². The van der Waals surface area contributed by atoms with Crippen LogP contribution in [-0.4, -0.2) is 29.2 Å². The number of ketones is 1. The van der Waals surface area contributed by atoms with Crippen molar-refractivity contribution in [3.05, 3.63) is 71.8 Å². The van der Waals surface area contributed by atoms with Gasteiger partial charge in [-0.1, -0.05) is 60.7 Å². The summed E-state index contributed by atoms with van der Waals surface area (Å²) in [5, 5.41) is 12.3. The van der Waals surface area contributed by atoms with Crippen LogP contribution < -0.4 is 5.32 Å². The molecule has 1 saturated heterocycles. The fourth-order valence-corrected chi connectivity index (χ4v) is 2.54. The van der Waals surface area contributed by atoms with Gasteiger partial charge in [0.25, 0.3) is 0 Å². The number of aliphatic carboxylic acids is 1. The Balaban J connectivity index is 1.85. The molecule has 2 aromatic rings. The Morgan fingerprint density at radius 3 is 2.14 bits per heavy atom. The zero-order valence-corrected chi connectivity index (χ0v) is 11.7. The molecule has 2 aromatic carbocycles. The van der Waals surface area contributed by atoms with Crippen LogP contribution in [0.1, 0.15) is 22.0 Å². The van der Waals surface area contributed by atoms with Crippen molar-refractivity contribution in [2.24, 2.45) is 0 Å². The van der Waals surface area contributed by atoms with Crippen molar-refractivity contribution in [2.75, 3.05) is 0 Å². The van der Waals surface area contributed by atoms with Gasteiger partial charge in [-0.05, 0) is 5.56 Å². The van der Waals surface area contributed by atoms with Crippen LogP contribution in [-0.2, 0) is 9.53 Å². The van der Waals surface area contributed by atoms with Gasteiger partial charge in [0.1, 0.15) is 0 Å². The van der Waals surface area contributed by atoms with Gasteiger partial charge in [-0.3, -0.25) is 10.1 Å². The summed E-state index contributed by atoms with van der Waals surface area (Å²) in [6.07, 6.45) is -2.06. The molecular weight excluding hydrogens is 282 g/mol. The molecule has 0 radical (unpaired) electrons. The summed E-state index contributed by atoms with van der Waals surface area (Å²) in [6, 6.07) is 17.2. The maximum absolute atomic E-state index is 12.4. The van der Waals surface area contributed by atoms with E-state index in [9.17, 15) is 14.7 Å². The van der Waals surface area contributed by atoms with E-state index in [0.717, 1.165) is 5.56 Å². The van der Waals surface area contributed by atoms with Gasteiger partial charge in [0.05, 0.1) is 6.04 Å². The third-order valence-electron chi connectivity index (χ3n) is 3.61. The Morgan fingerprint density at radius 1 is 0.955 bits per heavy atom. The van der Waals surface area contributed by atoms with Crippen LogP contribution in [0.5, 0.6) is 0 Å². The number of Topliss-reactive ketones (excluding diaryl/α,β-unsaturated/α-hetero) is 1. The molecule has 2 N–H and O–H groups in total. The third-order valence-corrected chi connectivity index (χ3v) is 3.61. The first-order chi connectivity index (χ1) is 10.7. The first-order valence-electron chi connectivity index (χ1n) is 6.95. The summed E-state index contributed by atoms with van der Waals surface area (Å²) >= 11 is 0. The fourth-order valence-electron chi connectivity index (χ4n) is 2.54. The molecule has 0 spiro atoms. The summed E-state index contributed by atoms with van der Waals surface area (Å²) in [4.78, 5) is 23.8. The number of carboxylic acids is 1. The minimum Gasteiger partial charge on any atom is -0.479 e. The van der Waals surface area contributed by atoms with Crippen molar-refractivity contribution in [3.8, 4) is 0 Å². The van der Waals surface area contributed by atoms with Crippen LogP contribution in [0.4, 0.5) is 0 Å². The molecule has 1 heterocycles. The Bertz CT molecular complexity index is 672. The van der Waals surface area contributed by atoms with Crippen LogP contribution in [0, 0.1) is 0 Å². The zero-order valence-electron chi connectivity index (χ0n) is 11.7. The molecule has 1 fully saturated rings. The van der Waals surface area contributed by atoms with Crippen LogP contribution in [0.2, 0.25) is 0 Å². The largest absolute Gasteiger partial charge is 0.479 e. The standard InChI is InChI=1S/C17H15NO4/c19-14(12-9-5-2-6-10-12)16-18-13(15(22-16)17(20)21)11-7-3-1-4-8-11/h1-10,13,15-16,18H,(H,20,21). The van der Waals surface area contributed by atoms with E-state index in [-0.39, 0.29) is 5.78 Å². The molecule has 3 unspecified atom stereocenters. The average molecular weight is 297 g/mol. The van der Waals surface area contributed by atoms with Gasteiger partial charge in [-0.25, -0.2) is 4.79 Å². The molecule has 5 nitrogen and oxygen atoms in total. The van der Waals surface area contributed by atoms with Crippen molar-refractivity contribution in [2.45, 2.75) is 18.4 Å². The van der Waals surface area contributed by atoms with E-state index in [1.165, 1.54) is 0 Å². The van der Waals surface area contributed by atoms with Gasteiger partial charge >= 0.3 is 5.97 Å². The van der Waals surface area contributed by atoms with Crippen LogP contribution in [0.3, 0.4) is 0 Å². The summed E-state index contributed by atoms with van der Waals surface area (Å²) in [7, 11) is 0. The van der Waals surface area contributed by atoms with Crippen LogP contribution >= 0.6 is 0 Å². The summed E-state index contributed by atoms with van der Waals surface area (Å²) in [6.45, 7) is 0. The Morgan fingerprint density at radius 2 is 1.55 bits per heavy atom. The molecule has 0 aliphatic carbocycles. The lowest BCUT2D eigenvalue weighted by molar-refractivity contribution is -0.149. The number of hydrogen-bond acceptors (Lipinski definition) is 4. The molecular formula is C17H15NO4. The molecule has 0 aromatic heterocycles. The van der Waals surface area contributed by atoms with Crippen molar-refractivity contribution < 1.29 is 19.4 Å². The molecule has 3 rings (SSSR count). The highest BCUT2D eigenvalue weighted by Crippen LogP contribution is 2.28. The van der Waals surface area contributed by atoms with Gasteiger partial charge in [0, 0.05) is 5.56 Å². The van der Waals surface area contributed by atoms with E-state index in [0.29, 0.717) is 5.56 Å². The van der Waals surface area contributed by atoms with Gasteiger partial charge < -0.3 is 9.84 Å². The first-order valence-corrected chi connectivity index (χ1v) is 6.95. The van der Waals surface area contributed by atoms with Gasteiger partial charge in [0.2, 0.25) is 5.78 Å². The number of carbonyl (C=O) groups excluding carboxylic acids is 1. The van der Waals surface area contributed by atoms with E-state index in [2.05, 4.69) is 5.32 Å². The second kappa shape index (κ2) is 6.09. The first kappa shape index (κ1) is 14.4. The van der Waals surface area contributed by atoms with E-state index in [4.69, 9.17) is 4.74 Å². The van der Waals surface area contributed by atoms with Crippen LogP contribution in [0.15, 0.2) is 60.7 Å². The van der Waals surface area contributed by atoms with E-state index in [1.807, 2.05) is 36.4 Å². The summed E-state index contributed by atoms with van der Waals surface area (Å²) in [5.74, 6) is -1.37. The molecule has 1 aliphatic heterocycles. The second-order valence-corrected chi connectivity index (χ2v) is 5.06. The molecule has 22 heavy (non-hydrogen) atoms. The lowest BCUT2D eigenvalue weighted by atomic mass is 10.0. The van der Waals surface area contributed by atoms with Crippen molar-refractivity contribution in [1.29, 1.82) is 0 Å². The average Bonchev–Trinajstić information content (AvgIpc) is 3.01. The van der Waals surface area contributed by atoms with Crippen molar-refractivity contribution in [3.63, 3.8) is 0 Å². The highest BCUT2D eigenvalue weighted by Gasteiger charge is 2.43. The van der Waals surface area contributed by atoms with Crippen LogP contribution in [0.25, 0.3) is 0 Å². The molecule has 5 heteroatoms. The summed E-state index contributed by atoms with van der Waals surface area (Å²) in [5.41, 5.74) is 1.26. The Hall–Kier alpha value is -2.50. The normalized spacial score (nSPS) is 24.1. The van der Waals surface area contributed by atoms with E-state index >= 15 is 0 Å². The predicted molar refractivity (Wildman–Crippen MR) is 79.4 cm³/mol. The smallest absolute Gasteiger partial charge is 0.334 e. The number of ether oxygens (including phenoxy) is 1. The highest BCUT2D eigenvalue weighted by molar-refractivity contribution is 5.99. The molecule has 0 amide bonds. The predicted octanol–water partition coefficient (Wildman–Crippen LogP) is 2.01. The lowest BCUT2D eigenvalue weighted by Gasteiger charge is -2.14. The van der Waals surface area contributed by atoms with Crippen molar-refractivity contribution in [1.82, 2.24) is 5.32 Å². The quantitative estimate of drug-likeness (QED) is 0.844. The lowest BCUT2D eigenvalue weighted by Crippen LogP contribution is -2.33. The fraction of sp³-hybridized carbons (Fsp3) is 0.176. The number of hydrogen-bond donors (Lipinski definition) is 2. The van der Waals surface area contributed by atoms with Gasteiger partial charge in [-0.15, -0.1) is 0 Å². The zero-order chi connectivity index (χ0) is 15.5. The topological polar surface area (TPSA) is 75.6 Å². The molecule has 0 saturated carbocycles. The molecule has 1 aliphatic rings. The third kappa shape index (κ3) is 2.77. The maximum Gasteiger partial charge on any atom is 0.334 e. The number of benzene rings is 2. The number of rotatable bonds is 4. The second-order valence-electron chi connectivity index (χ2n) is 5.06. The minimum absolute atomic E-state index is 0.273. The minimum atomic E-state index is -1.10. The number of carbonyl (C=O) groups is 2. The Kier molecular flexibility index (Phi) is 4.00. The van der Waals surface area contributed by atoms with E-state index < -0.39 is 24.3 Å². The molecule has 0 bridgehead atoms. The summed E-state index contributed by atoms with van der Waals surface area (Å²) < 4.78 is 5.45. The van der Waals surface area contributed by atoms with Gasteiger partial charge in [0.15, 0.2) is 12.3 Å². The molecule has 3 atom stereocenters. The number of carboxylic acid groups (broad SMARTS) is 1. The van der Waals surface area contributed by atoms with E-state index in [1.54, 1.807) is 24.3 Å². The van der Waals surface area contributed by atoms with Crippen molar-refractivity contribution >= 4 is 11.8 Å². The highest BCUT2D eigenvalue weighted by atomic mass is 16.5. The monoisotopic (exact) mass is 297 g/mol. The molecule has 112 valence electrons. The maximum atomic E-state index is 12.4.